The van der Waals surface area contributed by atoms with Gasteiger partial charge in [-0.25, -0.2) is 5.43 Å². The van der Waals surface area contributed by atoms with E-state index in [2.05, 4.69) is 27.1 Å². The molecule has 4 aromatic rings. The van der Waals surface area contributed by atoms with E-state index in [0.29, 0.717) is 24.4 Å². The molecule has 0 unspecified atom stereocenters. The first kappa shape index (κ1) is 24.6. The predicted octanol–water partition coefficient (Wildman–Crippen LogP) is 5.26. The molecule has 2 aliphatic rings. The first-order chi connectivity index (χ1) is 18.6. The molecule has 2 aromatic heterocycles. The van der Waals surface area contributed by atoms with Crippen LogP contribution in [-0.2, 0) is 17.9 Å². The first-order valence-corrected chi connectivity index (χ1v) is 14.0. The van der Waals surface area contributed by atoms with Gasteiger partial charge in [-0.3, -0.25) is 19.6 Å². The molecule has 0 radical (unpaired) electrons. The highest BCUT2D eigenvalue weighted by Crippen LogP contribution is 2.36. The molecule has 0 bridgehead atoms. The van der Waals surface area contributed by atoms with E-state index in [1.807, 2.05) is 72.2 Å². The molecule has 38 heavy (non-hydrogen) atoms. The number of carbonyl (C=O) groups excluding carboxylic acids is 2. The van der Waals surface area contributed by atoms with Gasteiger partial charge in [-0.1, -0.05) is 48.5 Å². The average Bonchev–Trinajstić information content (AvgIpc) is 3.53. The number of hydrazine groups is 1. The highest BCUT2D eigenvalue weighted by atomic mass is 32.1. The number of hydrogen-bond donors (Lipinski definition) is 3. The van der Waals surface area contributed by atoms with E-state index in [-0.39, 0.29) is 23.4 Å². The molecule has 2 fully saturated rings. The van der Waals surface area contributed by atoms with Gasteiger partial charge in [0.15, 0.2) is 0 Å². The summed E-state index contributed by atoms with van der Waals surface area (Å²) in [4.78, 5) is 31.1. The number of para-hydroxylation sites is 1. The van der Waals surface area contributed by atoms with Crippen molar-refractivity contribution < 1.29 is 9.59 Å². The average molecular weight is 526 g/mol. The van der Waals surface area contributed by atoms with Crippen LogP contribution in [0.5, 0.6) is 0 Å². The minimum absolute atomic E-state index is 0.0378. The minimum atomic E-state index is -0.198. The molecule has 3 heterocycles. The molecule has 2 amide bonds. The Morgan fingerprint density at radius 2 is 1.84 bits per heavy atom. The van der Waals surface area contributed by atoms with Crippen LogP contribution in [0.1, 0.15) is 52.9 Å². The van der Waals surface area contributed by atoms with Gasteiger partial charge in [0.25, 0.3) is 5.91 Å². The number of aromatic nitrogens is 1. The fraction of sp³-hybridized carbons (Fsp3) is 0.300. The van der Waals surface area contributed by atoms with E-state index < -0.39 is 0 Å². The Bertz CT molecular complexity index is 1440. The lowest BCUT2D eigenvalue weighted by Gasteiger charge is -2.37. The Labute approximate surface area is 226 Å². The van der Waals surface area contributed by atoms with Gasteiger partial charge in [0.2, 0.25) is 5.91 Å². The molecule has 1 aliphatic carbocycles. The molecule has 8 heteroatoms. The summed E-state index contributed by atoms with van der Waals surface area (Å²) in [6, 6.07) is 22.2. The van der Waals surface area contributed by atoms with E-state index in [4.69, 9.17) is 0 Å². The van der Waals surface area contributed by atoms with E-state index in [1.165, 1.54) is 11.3 Å². The van der Waals surface area contributed by atoms with Crippen molar-refractivity contribution in [3.63, 3.8) is 0 Å². The van der Waals surface area contributed by atoms with Crippen LogP contribution < -0.4 is 16.1 Å². The Balaban J connectivity index is 1.04. The third-order valence-corrected chi connectivity index (χ3v) is 8.62. The Kier molecular flexibility index (Phi) is 6.82. The molecule has 6 rings (SSSR count). The van der Waals surface area contributed by atoms with Gasteiger partial charge in [0.05, 0.1) is 17.7 Å². The largest absolute Gasteiger partial charge is 0.380 e. The van der Waals surface area contributed by atoms with E-state index in [1.54, 1.807) is 5.01 Å². The topological polar surface area (TPSA) is 86.4 Å². The summed E-state index contributed by atoms with van der Waals surface area (Å²) >= 11 is 1.45. The minimum Gasteiger partial charge on any atom is -0.380 e. The molecular weight excluding hydrogens is 494 g/mol. The van der Waals surface area contributed by atoms with Gasteiger partial charge < -0.3 is 10.6 Å². The zero-order valence-corrected chi connectivity index (χ0v) is 22.0. The van der Waals surface area contributed by atoms with E-state index >= 15 is 0 Å². The number of amides is 2. The lowest BCUT2D eigenvalue weighted by atomic mass is 9.78. The van der Waals surface area contributed by atoms with Crippen molar-refractivity contribution >= 4 is 39.7 Å². The molecular formula is C30H31N5O2S. The number of anilines is 1. The molecule has 1 aliphatic heterocycles. The van der Waals surface area contributed by atoms with Crippen molar-refractivity contribution in [1.82, 2.24) is 20.7 Å². The summed E-state index contributed by atoms with van der Waals surface area (Å²) in [7, 11) is 0. The first-order valence-electron chi connectivity index (χ1n) is 13.2. The van der Waals surface area contributed by atoms with Crippen molar-refractivity contribution in [2.24, 2.45) is 0 Å². The maximum Gasteiger partial charge on any atom is 0.263 e. The van der Waals surface area contributed by atoms with Crippen LogP contribution in [0.4, 0.5) is 5.69 Å². The summed E-state index contributed by atoms with van der Waals surface area (Å²) in [5.74, 6) is 0.108. The summed E-state index contributed by atoms with van der Waals surface area (Å²) in [5, 5.41) is 11.5. The van der Waals surface area contributed by atoms with Crippen LogP contribution in [0.2, 0.25) is 0 Å². The van der Waals surface area contributed by atoms with Crippen molar-refractivity contribution in [2.75, 3.05) is 5.32 Å². The lowest BCUT2D eigenvalue weighted by Crippen LogP contribution is -2.51. The van der Waals surface area contributed by atoms with Crippen molar-refractivity contribution in [1.29, 1.82) is 0 Å². The molecule has 0 atom stereocenters. The van der Waals surface area contributed by atoms with Crippen LogP contribution in [0.25, 0.3) is 10.9 Å². The third kappa shape index (κ3) is 5.14. The number of carbonyl (C=O) groups is 2. The molecule has 1 spiro atoms. The standard InChI is InChI=1S/C30H31N5O2S/c36-27-18-30(34-35(27)20-21-6-2-1-3-7-21)14-10-23(11-15-30)33-29(37)28-26(13-17-38-28)32-19-22-12-16-31-25-9-5-4-8-24(22)25/h1-9,12-13,16-17,23,32,34H,10-11,14-15,18-20H2,(H,33,37)/t23-,30-. The summed E-state index contributed by atoms with van der Waals surface area (Å²) in [5.41, 5.74) is 7.39. The zero-order valence-electron chi connectivity index (χ0n) is 21.2. The van der Waals surface area contributed by atoms with Gasteiger partial charge in [0.1, 0.15) is 4.88 Å². The maximum absolute atomic E-state index is 13.2. The van der Waals surface area contributed by atoms with Gasteiger partial charge in [-0.15, -0.1) is 11.3 Å². The number of fused-ring (bicyclic) bond motifs is 1. The van der Waals surface area contributed by atoms with Gasteiger partial charge in [-0.05, 0) is 60.4 Å². The Morgan fingerprint density at radius 3 is 2.68 bits per heavy atom. The zero-order chi connectivity index (χ0) is 26.0. The van der Waals surface area contributed by atoms with Crippen molar-refractivity contribution in [3.05, 3.63) is 94.3 Å². The number of hydrogen-bond acceptors (Lipinski definition) is 6. The normalized spacial score (nSPS) is 21.2. The van der Waals surface area contributed by atoms with Crippen molar-refractivity contribution in [3.8, 4) is 0 Å². The second-order valence-corrected chi connectivity index (χ2v) is 11.2. The highest BCUT2D eigenvalue weighted by molar-refractivity contribution is 7.12. The summed E-state index contributed by atoms with van der Waals surface area (Å²) in [6.45, 7) is 1.19. The quantitative estimate of drug-likeness (QED) is 0.307. The van der Waals surface area contributed by atoms with Gasteiger partial charge >= 0.3 is 0 Å². The summed E-state index contributed by atoms with van der Waals surface area (Å²) in [6.07, 6.45) is 5.76. The van der Waals surface area contributed by atoms with E-state index in [0.717, 1.165) is 53.4 Å². The number of nitrogens with zero attached hydrogens (tertiary/aromatic N) is 2. The number of benzene rings is 2. The lowest BCUT2D eigenvalue weighted by molar-refractivity contribution is -0.130. The molecule has 2 aromatic carbocycles. The third-order valence-electron chi connectivity index (χ3n) is 7.70. The second-order valence-electron chi connectivity index (χ2n) is 10.3. The molecule has 1 saturated carbocycles. The van der Waals surface area contributed by atoms with Gasteiger partial charge in [0, 0.05) is 36.1 Å². The summed E-state index contributed by atoms with van der Waals surface area (Å²) < 4.78 is 0. The molecule has 7 nitrogen and oxygen atoms in total. The van der Waals surface area contributed by atoms with Crippen LogP contribution in [0.3, 0.4) is 0 Å². The van der Waals surface area contributed by atoms with Crippen LogP contribution in [-0.4, -0.2) is 33.4 Å². The smallest absolute Gasteiger partial charge is 0.263 e. The molecule has 3 N–H and O–H groups in total. The fourth-order valence-corrected chi connectivity index (χ4v) is 6.42. The number of rotatable bonds is 7. The Hall–Kier alpha value is -3.75. The Morgan fingerprint density at radius 1 is 1.05 bits per heavy atom. The SMILES string of the molecule is O=C(N[C@H]1CC[C@]2(CC1)CC(=O)N(Cc1ccccc1)N2)c1sccc1NCc1ccnc2ccccc12. The number of nitrogens with one attached hydrogen (secondary N) is 3. The maximum atomic E-state index is 13.2. The van der Waals surface area contributed by atoms with E-state index in [9.17, 15) is 9.59 Å². The number of pyridine rings is 1. The van der Waals surface area contributed by atoms with Gasteiger partial charge in [-0.2, -0.15) is 0 Å². The molecule has 1 saturated heterocycles. The van der Waals surface area contributed by atoms with Crippen LogP contribution in [0.15, 0.2) is 78.3 Å². The second kappa shape index (κ2) is 10.6. The molecule has 194 valence electrons. The predicted molar refractivity (Wildman–Crippen MR) is 151 cm³/mol. The van der Waals surface area contributed by atoms with Crippen LogP contribution >= 0.6 is 11.3 Å². The number of thiophene rings is 1. The van der Waals surface area contributed by atoms with Crippen molar-refractivity contribution in [2.45, 2.75) is 56.8 Å². The fourth-order valence-electron chi connectivity index (χ4n) is 5.65. The highest BCUT2D eigenvalue weighted by Gasteiger charge is 2.45. The van der Waals surface area contributed by atoms with Crippen LogP contribution in [0, 0.1) is 0 Å². The monoisotopic (exact) mass is 525 g/mol.